The van der Waals surface area contributed by atoms with Crippen LogP contribution in [0.25, 0.3) is 0 Å². The van der Waals surface area contributed by atoms with Gasteiger partial charge >= 0.3 is 6.18 Å². The summed E-state index contributed by atoms with van der Waals surface area (Å²) in [4.78, 5) is 5.46. The van der Waals surface area contributed by atoms with Crippen LogP contribution in [-0.4, -0.2) is 29.8 Å². The van der Waals surface area contributed by atoms with Gasteiger partial charge < -0.3 is 10.0 Å². The molecule has 100 valence electrons. The van der Waals surface area contributed by atoms with Gasteiger partial charge in [-0.25, -0.2) is 4.98 Å². The number of aliphatic hydroxyl groups is 1. The Morgan fingerprint density at radius 2 is 2.17 bits per heavy atom. The Kier molecular flexibility index (Phi) is 3.75. The van der Waals surface area contributed by atoms with Crippen LogP contribution in [0.2, 0.25) is 0 Å². The van der Waals surface area contributed by atoms with Gasteiger partial charge in [0.15, 0.2) is 0 Å². The summed E-state index contributed by atoms with van der Waals surface area (Å²) in [5, 5.41) is 9.11. The third-order valence-electron chi connectivity index (χ3n) is 3.13. The SMILES string of the molecule is OCC1CCCN(c2cccc(C(F)(F)F)n2)C1. The Bertz CT molecular complexity index is 409. The predicted octanol–water partition coefficient (Wildman–Crippen LogP) is 2.31. The number of anilines is 1. The molecule has 0 spiro atoms. The molecule has 3 nitrogen and oxygen atoms in total. The molecular formula is C12H15F3N2O. The van der Waals surface area contributed by atoms with Crippen molar-refractivity contribution in [2.45, 2.75) is 19.0 Å². The van der Waals surface area contributed by atoms with Gasteiger partial charge in [0.1, 0.15) is 11.5 Å². The average molecular weight is 260 g/mol. The molecule has 2 rings (SSSR count). The molecule has 1 atom stereocenters. The molecular weight excluding hydrogens is 245 g/mol. The fourth-order valence-electron chi connectivity index (χ4n) is 2.18. The summed E-state index contributed by atoms with van der Waals surface area (Å²) >= 11 is 0. The lowest BCUT2D eigenvalue weighted by atomic mass is 9.99. The lowest BCUT2D eigenvalue weighted by Crippen LogP contribution is -2.37. The molecule has 1 unspecified atom stereocenters. The van der Waals surface area contributed by atoms with Crippen LogP contribution in [-0.2, 0) is 6.18 Å². The van der Waals surface area contributed by atoms with Gasteiger partial charge in [-0.05, 0) is 30.9 Å². The van der Waals surface area contributed by atoms with Crippen molar-refractivity contribution in [1.82, 2.24) is 4.98 Å². The third kappa shape index (κ3) is 2.93. The summed E-state index contributed by atoms with van der Waals surface area (Å²) in [5.74, 6) is 0.457. The third-order valence-corrected chi connectivity index (χ3v) is 3.13. The summed E-state index contributed by atoms with van der Waals surface area (Å²) in [6, 6.07) is 3.92. The number of halogens is 3. The molecule has 0 radical (unpaired) electrons. The Labute approximate surface area is 103 Å². The number of aliphatic hydroxyl groups excluding tert-OH is 1. The van der Waals surface area contributed by atoms with E-state index in [4.69, 9.17) is 5.11 Å². The lowest BCUT2D eigenvalue weighted by molar-refractivity contribution is -0.141. The maximum atomic E-state index is 12.6. The van der Waals surface area contributed by atoms with Crippen molar-refractivity contribution in [3.63, 3.8) is 0 Å². The summed E-state index contributed by atoms with van der Waals surface area (Å²) in [7, 11) is 0. The van der Waals surface area contributed by atoms with Gasteiger partial charge in [-0.2, -0.15) is 13.2 Å². The summed E-state index contributed by atoms with van der Waals surface area (Å²) in [6.45, 7) is 1.31. The average Bonchev–Trinajstić information content (AvgIpc) is 2.38. The molecule has 0 aromatic carbocycles. The number of hydrogen-bond acceptors (Lipinski definition) is 3. The quantitative estimate of drug-likeness (QED) is 0.886. The Hall–Kier alpha value is -1.30. The molecule has 1 fully saturated rings. The van der Waals surface area contributed by atoms with E-state index in [1.807, 2.05) is 0 Å². The van der Waals surface area contributed by atoms with E-state index < -0.39 is 11.9 Å². The van der Waals surface area contributed by atoms with E-state index in [2.05, 4.69) is 4.98 Å². The maximum Gasteiger partial charge on any atom is 0.433 e. The van der Waals surface area contributed by atoms with E-state index in [1.165, 1.54) is 6.07 Å². The van der Waals surface area contributed by atoms with E-state index in [0.29, 0.717) is 18.9 Å². The van der Waals surface area contributed by atoms with Crippen molar-refractivity contribution >= 4 is 5.82 Å². The predicted molar refractivity (Wildman–Crippen MR) is 61.3 cm³/mol. The number of rotatable bonds is 2. The van der Waals surface area contributed by atoms with Gasteiger partial charge in [0.25, 0.3) is 0 Å². The number of pyridine rings is 1. The smallest absolute Gasteiger partial charge is 0.396 e. The Morgan fingerprint density at radius 3 is 2.83 bits per heavy atom. The molecule has 0 aliphatic carbocycles. The highest BCUT2D eigenvalue weighted by atomic mass is 19.4. The van der Waals surface area contributed by atoms with Crippen molar-refractivity contribution in [3.05, 3.63) is 23.9 Å². The van der Waals surface area contributed by atoms with Crippen molar-refractivity contribution in [2.24, 2.45) is 5.92 Å². The normalized spacial score (nSPS) is 21.1. The topological polar surface area (TPSA) is 36.4 Å². The molecule has 0 bridgehead atoms. The van der Waals surface area contributed by atoms with Crippen LogP contribution in [0.5, 0.6) is 0 Å². The second kappa shape index (κ2) is 5.14. The molecule has 1 N–H and O–H groups in total. The van der Waals surface area contributed by atoms with Crippen LogP contribution >= 0.6 is 0 Å². The highest BCUT2D eigenvalue weighted by Crippen LogP contribution is 2.29. The number of nitrogens with zero attached hydrogens (tertiary/aromatic N) is 2. The molecule has 6 heteroatoms. The monoisotopic (exact) mass is 260 g/mol. The second-order valence-electron chi connectivity index (χ2n) is 4.52. The maximum absolute atomic E-state index is 12.6. The zero-order valence-corrected chi connectivity index (χ0v) is 9.82. The standard InChI is InChI=1S/C12H15F3N2O/c13-12(14,15)10-4-1-5-11(16-10)17-6-2-3-9(7-17)8-18/h1,4-5,9,18H,2-3,6-8H2. The molecule has 1 saturated heterocycles. The fraction of sp³-hybridized carbons (Fsp3) is 0.583. The van der Waals surface area contributed by atoms with E-state index in [-0.39, 0.29) is 12.5 Å². The zero-order valence-electron chi connectivity index (χ0n) is 9.82. The highest BCUT2D eigenvalue weighted by molar-refractivity contribution is 5.40. The van der Waals surface area contributed by atoms with Crippen molar-refractivity contribution in [1.29, 1.82) is 0 Å². The van der Waals surface area contributed by atoms with Crippen molar-refractivity contribution in [3.8, 4) is 0 Å². The molecule has 18 heavy (non-hydrogen) atoms. The van der Waals surface area contributed by atoms with Crippen LogP contribution < -0.4 is 4.90 Å². The zero-order chi connectivity index (χ0) is 13.2. The summed E-state index contributed by atoms with van der Waals surface area (Å²) in [6.07, 6.45) is -2.64. The van der Waals surface area contributed by atoms with Crippen LogP contribution in [0.1, 0.15) is 18.5 Å². The Morgan fingerprint density at radius 1 is 1.39 bits per heavy atom. The molecule has 1 aromatic rings. The Balaban J connectivity index is 2.18. The first-order valence-corrected chi connectivity index (χ1v) is 5.91. The first kappa shape index (κ1) is 13.1. The largest absolute Gasteiger partial charge is 0.433 e. The van der Waals surface area contributed by atoms with Gasteiger partial charge in [0.2, 0.25) is 0 Å². The number of alkyl halides is 3. The molecule has 1 aliphatic rings. The van der Waals surface area contributed by atoms with Crippen LogP contribution in [0.15, 0.2) is 18.2 Å². The summed E-state index contributed by atoms with van der Waals surface area (Å²) < 4.78 is 37.7. The molecule has 1 aromatic heterocycles. The van der Waals surface area contributed by atoms with Crippen LogP contribution in [0.4, 0.5) is 19.0 Å². The summed E-state index contributed by atoms with van der Waals surface area (Å²) in [5.41, 5.74) is -0.869. The lowest BCUT2D eigenvalue weighted by Gasteiger charge is -2.32. The van der Waals surface area contributed by atoms with Gasteiger partial charge in [-0.3, -0.25) is 0 Å². The van der Waals surface area contributed by atoms with Crippen LogP contribution in [0, 0.1) is 5.92 Å². The van der Waals surface area contributed by atoms with Crippen molar-refractivity contribution < 1.29 is 18.3 Å². The van der Waals surface area contributed by atoms with Gasteiger partial charge in [-0.15, -0.1) is 0 Å². The molecule has 0 saturated carbocycles. The number of piperidine rings is 1. The van der Waals surface area contributed by atoms with E-state index >= 15 is 0 Å². The van der Waals surface area contributed by atoms with E-state index in [1.54, 1.807) is 11.0 Å². The number of hydrogen-bond donors (Lipinski definition) is 1. The first-order chi connectivity index (χ1) is 8.50. The minimum Gasteiger partial charge on any atom is -0.396 e. The minimum absolute atomic E-state index is 0.0649. The first-order valence-electron chi connectivity index (χ1n) is 5.91. The van der Waals surface area contributed by atoms with E-state index in [0.717, 1.165) is 18.9 Å². The molecule has 1 aliphatic heterocycles. The highest BCUT2D eigenvalue weighted by Gasteiger charge is 2.33. The minimum atomic E-state index is -4.41. The van der Waals surface area contributed by atoms with E-state index in [9.17, 15) is 13.2 Å². The van der Waals surface area contributed by atoms with Gasteiger partial charge in [0, 0.05) is 19.7 Å². The number of aromatic nitrogens is 1. The van der Waals surface area contributed by atoms with Crippen molar-refractivity contribution in [2.75, 3.05) is 24.6 Å². The second-order valence-corrected chi connectivity index (χ2v) is 4.52. The van der Waals surface area contributed by atoms with Crippen LogP contribution in [0.3, 0.4) is 0 Å². The molecule has 2 heterocycles. The molecule has 0 amide bonds. The van der Waals surface area contributed by atoms with Gasteiger partial charge in [-0.1, -0.05) is 6.07 Å². The fourth-order valence-corrected chi connectivity index (χ4v) is 2.18. The van der Waals surface area contributed by atoms with Gasteiger partial charge in [0.05, 0.1) is 0 Å².